The molecule has 0 radical (unpaired) electrons. The molecule has 156 valence electrons. The number of nitrogens with one attached hydrogen (secondary N) is 2. The first kappa shape index (κ1) is 20.0. The summed E-state index contributed by atoms with van der Waals surface area (Å²) in [6, 6.07) is 16.9. The van der Waals surface area contributed by atoms with Crippen LogP contribution < -0.4 is 15.4 Å². The van der Waals surface area contributed by atoms with E-state index in [4.69, 9.17) is 4.74 Å². The number of para-hydroxylation sites is 1. The van der Waals surface area contributed by atoms with E-state index in [1.807, 2.05) is 24.7 Å². The zero-order valence-corrected chi connectivity index (χ0v) is 17.8. The molecule has 1 aromatic heterocycles. The Balaban J connectivity index is 1.41. The van der Waals surface area contributed by atoms with E-state index in [0.717, 1.165) is 24.7 Å². The number of hydrogen-bond acceptors (Lipinski definition) is 3. The van der Waals surface area contributed by atoms with E-state index >= 15 is 0 Å². The van der Waals surface area contributed by atoms with Gasteiger partial charge in [0.1, 0.15) is 11.4 Å². The van der Waals surface area contributed by atoms with Gasteiger partial charge in [-0.2, -0.15) is 0 Å². The quantitative estimate of drug-likeness (QED) is 0.501. The smallest absolute Gasteiger partial charge is 0.191 e. The lowest BCUT2D eigenvalue weighted by atomic mass is 9.90. The molecule has 0 bridgehead atoms. The Morgan fingerprint density at radius 2 is 2.03 bits per heavy atom. The Labute approximate surface area is 178 Å². The molecule has 2 N–H and O–H groups in total. The van der Waals surface area contributed by atoms with E-state index in [0.29, 0.717) is 6.54 Å². The molecule has 1 unspecified atom stereocenters. The second kappa shape index (κ2) is 8.61. The lowest BCUT2D eigenvalue weighted by molar-refractivity contribution is 0.0694. The summed E-state index contributed by atoms with van der Waals surface area (Å²) in [5.74, 6) is 1.72. The van der Waals surface area contributed by atoms with Crippen LogP contribution in [0.25, 0.3) is 0 Å². The van der Waals surface area contributed by atoms with E-state index in [-0.39, 0.29) is 11.6 Å². The Kier molecular flexibility index (Phi) is 5.74. The van der Waals surface area contributed by atoms with Crippen LogP contribution in [-0.4, -0.2) is 28.2 Å². The molecule has 3 aromatic rings. The van der Waals surface area contributed by atoms with Crippen molar-refractivity contribution in [3.8, 4) is 5.75 Å². The summed E-state index contributed by atoms with van der Waals surface area (Å²) >= 11 is 0. The summed E-state index contributed by atoms with van der Waals surface area (Å²) in [5.41, 5.74) is 3.40. The number of nitrogens with zero attached hydrogens (tertiary/aromatic N) is 3. The average Bonchev–Trinajstić information content (AvgIpc) is 3.23. The van der Waals surface area contributed by atoms with Crippen LogP contribution in [0.4, 0.5) is 0 Å². The summed E-state index contributed by atoms with van der Waals surface area (Å²) in [7, 11) is 1.81. The van der Waals surface area contributed by atoms with Gasteiger partial charge in [0.2, 0.25) is 0 Å². The molecule has 4 rings (SSSR count). The maximum Gasteiger partial charge on any atom is 0.191 e. The third-order valence-electron chi connectivity index (χ3n) is 5.29. The summed E-state index contributed by atoms with van der Waals surface area (Å²) in [6.07, 6.45) is 6.48. The number of ether oxygens (including phenoxy) is 1. The monoisotopic (exact) mass is 403 g/mol. The molecule has 0 aliphatic carbocycles. The molecular weight excluding hydrogens is 374 g/mol. The summed E-state index contributed by atoms with van der Waals surface area (Å²) in [6.45, 7) is 5.76. The van der Waals surface area contributed by atoms with Gasteiger partial charge in [-0.1, -0.05) is 42.5 Å². The Morgan fingerprint density at radius 3 is 2.83 bits per heavy atom. The van der Waals surface area contributed by atoms with Crippen molar-refractivity contribution >= 4 is 5.96 Å². The van der Waals surface area contributed by atoms with Crippen molar-refractivity contribution in [2.75, 3.05) is 7.05 Å². The number of benzene rings is 2. The number of fused-ring (bicyclic) bond motifs is 1. The van der Waals surface area contributed by atoms with E-state index in [1.165, 1.54) is 16.7 Å². The van der Waals surface area contributed by atoms with Crippen LogP contribution in [0.15, 0.2) is 72.2 Å². The fourth-order valence-electron chi connectivity index (χ4n) is 3.91. The van der Waals surface area contributed by atoms with E-state index in [2.05, 4.69) is 75.4 Å². The predicted octanol–water partition coefficient (Wildman–Crippen LogP) is 3.90. The van der Waals surface area contributed by atoms with Gasteiger partial charge in [0.05, 0.1) is 12.4 Å². The summed E-state index contributed by atoms with van der Waals surface area (Å²) < 4.78 is 8.21. The van der Waals surface area contributed by atoms with Crippen LogP contribution in [0.5, 0.6) is 5.75 Å². The molecule has 0 amide bonds. The van der Waals surface area contributed by atoms with Gasteiger partial charge in [-0.25, -0.2) is 4.98 Å². The first-order valence-electron chi connectivity index (χ1n) is 10.3. The fourth-order valence-corrected chi connectivity index (χ4v) is 3.91. The second-order valence-corrected chi connectivity index (χ2v) is 8.28. The van der Waals surface area contributed by atoms with Gasteiger partial charge < -0.3 is 19.9 Å². The molecule has 0 fully saturated rings. The first-order valence-corrected chi connectivity index (χ1v) is 10.3. The lowest BCUT2D eigenvalue weighted by Gasteiger charge is -2.38. The first-order chi connectivity index (χ1) is 14.5. The SMILES string of the molecule is CN=C(NCc1cccc(Cn2ccnc2)c1)NC1CC(C)(C)Oc2ccccc21. The van der Waals surface area contributed by atoms with Crippen LogP contribution in [0.2, 0.25) is 0 Å². The maximum atomic E-state index is 6.14. The molecule has 6 heteroatoms. The molecule has 1 atom stereocenters. The molecule has 0 saturated heterocycles. The van der Waals surface area contributed by atoms with Gasteiger partial charge >= 0.3 is 0 Å². The molecule has 0 spiro atoms. The number of aromatic nitrogens is 2. The van der Waals surface area contributed by atoms with Gasteiger partial charge in [0.15, 0.2) is 5.96 Å². The van der Waals surface area contributed by atoms with Gasteiger partial charge in [-0.3, -0.25) is 4.99 Å². The Hall–Kier alpha value is -3.28. The van der Waals surface area contributed by atoms with Crippen LogP contribution in [-0.2, 0) is 13.1 Å². The number of imidazole rings is 1. The van der Waals surface area contributed by atoms with Crippen molar-refractivity contribution in [2.45, 2.75) is 45.0 Å². The van der Waals surface area contributed by atoms with Crippen LogP contribution in [0, 0.1) is 0 Å². The molecule has 6 nitrogen and oxygen atoms in total. The van der Waals surface area contributed by atoms with Gasteiger partial charge in [0.25, 0.3) is 0 Å². The Morgan fingerprint density at radius 1 is 1.20 bits per heavy atom. The van der Waals surface area contributed by atoms with Crippen LogP contribution in [0.3, 0.4) is 0 Å². The molecule has 0 saturated carbocycles. The van der Waals surface area contributed by atoms with Gasteiger partial charge in [-0.05, 0) is 31.0 Å². The van der Waals surface area contributed by atoms with Crippen molar-refractivity contribution < 1.29 is 4.74 Å². The number of hydrogen-bond donors (Lipinski definition) is 2. The molecular formula is C24H29N5O. The van der Waals surface area contributed by atoms with Crippen LogP contribution in [0.1, 0.15) is 43.0 Å². The molecule has 30 heavy (non-hydrogen) atoms. The number of guanidine groups is 1. The highest BCUT2D eigenvalue weighted by Crippen LogP contribution is 2.39. The van der Waals surface area contributed by atoms with E-state index in [1.54, 1.807) is 13.2 Å². The normalized spacial score (nSPS) is 17.7. The predicted molar refractivity (Wildman–Crippen MR) is 120 cm³/mol. The third-order valence-corrected chi connectivity index (χ3v) is 5.29. The largest absolute Gasteiger partial charge is 0.487 e. The van der Waals surface area contributed by atoms with Crippen molar-refractivity contribution in [1.82, 2.24) is 20.2 Å². The molecule has 1 aliphatic rings. The van der Waals surface area contributed by atoms with Gasteiger partial charge in [-0.15, -0.1) is 0 Å². The molecule has 2 aromatic carbocycles. The minimum atomic E-state index is -0.230. The molecule has 2 heterocycles. The average molecular weight is 404 g/mol. The second-order valence-electron chi connectivity index (χ2n) is 8.28. The highest BCUT2D eigenvalue weighted by atomic mass is 16.5. The molecule has 1 aliphatic heterocycles. The van der Waals surface area contributed by atoms with Crippen molar-refractivity contribution in [3.63, 3.8) is 0 Å². The highest BCUT2D eigenvalue weighted by Gasteiger charge is 2.33. The Bertz CT molecular complexity index is 1010. The lowest BCUT2D eigenvalue weighted by Crippen LogP contribution is -2.45. The van der Waals surface area contributed by atoms with Crippen molar-refractivity contribution in [2.24, 2.45) is 4.99 Å². The zero-order valence-electron chi connectivity index (χ0n) is 17.8. The standard InChI is InChI=1S/C24H29N5O/c1-24(2)14-21(20-9-4-5-10-22(20)30-24)28-23(25-3)27-15-18-7-6-8-19(13-18)16-29-12-11-26-17-29/h4-13,17,21H,14-16H2,1-3H3,(H2,25,27,28). The minimum absolute atomic E-state index is 0.142. The number of rotatable bonds is 5. The van der Waals surface area contributed by atoms with E-state index < -0.39 is 0 Å². The van der Waals surface area contributed by atoms with Crippen molar-refractivity contribution in [1.29, 1.82) is 0 Å². The maximum absolute atomic E-state index is 6.14. The van der Waals surface area contributed by atoms with Gasteiger partial charge in [0, 0.05) is 44.5 Å². The topological polar surface area (TPSA) is 63.5 Å². The van der Waals surface area contributed by atoms with Crippen molar-refractivity contribution in [3.05, 3.63) is 83.9 Å². The summed E-state index contributed by atoms with van der Waals surface area (Å²) in [4.78, 5) is 8.55. The highest BCUT2D eigenvalue weighted by molar-refractivity contribution is 5.80. The zero-order chi connectivity index (χ0) is 21.0. The minimum Gasteiger partial charge on any atom is -0.487 e. The van der Waals surface area contributed by atoms with Crippen LogP contribution >= 0.6 is 0 Å². The van der Waals surface area contributed by atoms with E-state index in [9.17, 15) is 0 Å². The number of aliphatic imine (C=N–C) groups is 1. The third kappa shape index (κ3) is 4.82. The fraction of sp³-hybridized carbons (Fsp3) is 0.333. The summed E-state index contributed by atoms with van der Waals surface area (Å²) in [5, 5.41) is 7.04.